The molecule has 1 aliphatic rings. The normalized spacial score (nSPS) is 19.5. The molecule has 128 valence electrons. The Kier molecular flexibility index (Phi) is 7.45. The van der Waals surface area contributed by atoms with E-state index in [0.29, 0.717) is 19.5 Å². The molecule has 0 aromatic heterocycles. The van der Waals surface area contributed by atoms with E-state index in [1.54, 1.807) is 19.1 Å². The van der Waals surface area contributed by atoms with Crippen LogP contribution in [0.5, 0.6) is 0 Å². The number of aliphatic carboxylic acids is 1. The van der Waals surface area contributed by atoms with Crippen LogP contribution in [0.1, 0.15) is 25.3 Å². The van der Waals surface area contributed by atoms with Crippen LogP contribution in [0.4, 0.5) is 4.39 Å². The quantitative estimate of drug-likeness (QED) is 0.857. The minimum Gasteiger partial charge on any atom is -0.481 e. The van der Waals surface area contributed by atoms with E-state index in [1.165, 1.54) is 12.1 Å². The van der Waals surface area contributed by atoms with E-state index in [1.807, 2.05) is 4.90 Å². The highest BCUT2D eigenvalue weighted by molar-refractivity contribution is 5.85. The van der Waals surface area contributed by atoms with E-state index in [4.69, 9.17) is 5.11 Å². The lowest BCUT2D eigenvalue weighted by Gasteiger charge is -2.34. The number of hydrogen-bond donors (Lipinski definition) is 2. The molecule has 2 unspecified atom stereocenters. The molecule has 1 saturated heterocycles. The van der Waals surface area contributed by atoms with Crippen LogP contribution in [0, 0.1) is 11.7 Å². The van der Waals surface area contributed by atoms with Crippen LogP contribution in [0.15, 0.2) is 24.3 Å². The Morgan fingerprint density at radius 1 is 1.39 bits per heavy atom. The lowest BCUT2D eigenvalue weighted by Crippen LogP contribution is -2.50. The first-order valence-electron chi connectivity index (χ1n) is 7.46. The van der Waals surface area contributed by atoms with Gasteiger partial charge in [0, 0.05) is 13.1 Å². The predicted molar refractivity (Wildman–Crippen MR) is 86.9 cm³/mol. The number of benzene rings is 1. The fourth-order valence-corrected chi connectivity index (χ4v) is 2.66. The molecule has 1 aromatic carbocycles. The SMILES string of the molecule is CC(C(=O)NCc1ccc(F)cc1)N1CCCC(C(=O)O)C1.Cl. The summed E-state index contributed by atoms with van der Waals surface area (Å²) in [7, 11) is 0. The lowest BCUT2D eigenvalue weighted by molar-refractivity contribution is -0.145. The van der Waals surface area contributed by atoms with Crippen molar-refractivity contribution in [3.8, 4) is 0 Å². The highest BCUT2D eigenvalue weighted by Gasteiger charge is 2.30. The Balaban J connectivity index is 0.00000264. The Morgan fingerprint density at radius 3 is 2.65 bits per heavy atom. The second-order valence-corrected chi connectivity index (χ2v) is 5.69. The van der Waals surface area contributed by atoms with Gasteiger partial charge in [0.25, 0.3) is 0 Å². The second kappa shape index (κ2) is 8.84. The summed E-state index contributed by atoms with van der Waals surface area (Å²) in [4.78, 5) is 25.2. The first kappa shape index (κ1) is 19.4. The van der Waals surface area contributed by atoms with Crippen molar-refractivity contribution in [1.82, 2.24) is 10.2 Å². The summed E-state index contributed by atoms with van der Waals surface area (Å²) in [5.74, 6) is -1.66. The Morgan fingerprint density at radius 2 is 2.04 bits per heavy atom. The maximum absolute atomic E-state index is 12.8. The number of amides is 1. The molecule has 2 rings (SSSR count). The van der Waals surface area contributed by atoms with E-state index in [9.17, 15) is 14.0 Å². The summed E-state index contributed by atoms with van der Waals surface area (Å²) in [6.07, 6.45) is 1.45. The van der Waals surface area contributed by atoms with Crippen LogP contribution in [0.3, 0.4) is 0 Å². The maximum atomic E-state index is 12.8. The van der Waals surface area contributed by atoms with Crippen molar-refractivity contribution in [1.29, 1.82) is 0 Å². The molecule has 1 heterocycles. The predicted octanol–water partition coefficient (Wildman–Crippen LogP) is 2.05. The van der Waals surface area contributed by atoms with Gasteiger partial charge in [-0.3, -0.25) is 14.5 Å². The van der Waals surface area contributed by atoms with Gasteiger partial charge in [-0.1, -0.05) is 12.1 Å². The van der Waals surface area contributed by atoms with Crippen molar-refractivity contribution in [3.63, 3.8) is 0 Å². The van der Waals surface area contributed by atoms with E-state index in [2.05, 4.69) is 5.32 Å². The van der Waals surface area contributed by atoms with Gasteiger partial charge < -0.3 is 10.4 Å². The van der Waals surface area contributed by atoms with Crippen LogP contribution in [0.25, 0.3) is 0 Å². The Labute approximate surface area is 141 Å². The number of carboxylic acids is 1. The number of halogens is 2. The average Bonchev–Trinajstić information content (AvgIpc) is 2.53. The molecule has 0 radical (unpaired) electrons. The van der Waals surface area contributed by atoms with Crippen molar-refractivity contribution < 1.29 is 19.1 Å². The topological polar surface area (TPSA) is 69.6 Å². The molecule has 0 spiro atoms. The van der Waals surface area contributed by atoms with Gasteiger partial charge >= 0.3 is 5.97 Å². The smallest absolute Gasteiger partial charge is 0.307 e. The van der Waals surface area contributed by atoms with Crippen molar-refractivity contribution in [2.24, 2.45) is 5.92 Å². The Hall–Kier alpha value is -1.66. The van der Waals surface area contributed by atoms with Crippen molar-refractivity contribution >= 4 is 24.3 Å². The number of likely N-dealkylation sites (tertiary alicyclic amines) is 1. The molecule has 7 heteroatoms. The van der Waals surface area contributed by atoms with Crippen LogP contribution < -0.4 is 5.32 Å². The first-order chi connectivity index (χ1) is 10.5. The third-order valence-corrected chi connectivity index (χ3v) is 4.11. The molecule has 1 aromatic rings. The van der Waals surface area contributed by atoms with Crippen molar-refractivity contribution in [2.45, 2.75) is 32.4 Å². The van der Waals surface area contributed by atoms with Crippen molar-refractivity contribution in [2.75, 3.05) is 13.1 Å². The molecule has 23 heavy (non-hydrogen) atoms. The Bertz CT molecular complexity index is 539. The lowest BCUT2D eigenvalue weighted by atomic mass is 9.97. The maximum Gasteiger partial charge on any atom is 0.307 e. The average molecular weight is 345 g/mol. The molecule has 1 fully saturated rings. The fraction of sp³-hybridized carbons (Fsp3) is 0.500. The third kappa shape index (κ3) is 5.48. The van der Waals surface area contributed by atoms with E-state index in [0.717, 1.165) is 18.5 Å². The molecule has 5 nitrogen and oxygen atoms in total. The minimum atomic E-state index is -0.802. The highest BCUT2D eigenvalue weighted by atomic mass is 35.5. The number of hydrogen-bond acceptors (Lipinski definition) is 3. The number of nitrogens with zero attached hydrogens (tertiary/aromatic N) is 1. The number of piperidine rings is 1. The summed E-state index contributed by atoms with van der Waals surface area (Å²) < 4.78 is 12.8. The summed E-state index contributed by atoms with van der Waals surface area (Å²) in [6.45, 7) is 3.25. The zero-order valence-electron chi connectivity index (χ0n) is 13.0. The molecule has 0 saturated carbocycles. The third-order valence-electron chi connectivity index (χ3n) is 4.11. The number of nitrogens with one attached hydrogen (secondary N) is 1. The van der Waals surface area contributed by atoms with Gasteiger partial charge in [-0.05, 0) is 44.0 Å². The molecule has 1 amide bonds. The summed E-state index contributed by atoms with van der Waals surface area (Å²) in [6, 6.07) is 5.59. The zero-order valence-corrected chi connectivity index (χ0v) is 13.8. The molecular weight excluding hydrogens is 323 g/mol. The van der Waals surface area contributed by atoms with Gasteiger partial charge in [0.05, 0.1) is 12.0 Å². The van der Waals surface area contributed by atoms with Gasteiger partial charge in [0.1, 0.15) is 5.82 Å². The van der Waals surface area contributed by atoms with Crippen LogP contribution >= 0.6 is 12.4 Å². The van der Waals surface area contributed by atoms with Gasteiger partial charge in [0.2, 0.25) is 5.91 Å². The zero-order chi connectivity index (χ0) is 16.1. The fourth-order valence-electron chi connectivity index (χ4n) is 2.66. The second-order valence-electron chi connectivity index (χ2n) is 5.69. The molecule has 0 aliphatic carbocycles. The standard InChI is InChI=1S/C16H21FN2O3.ClH/c1-11(19-8-2-3-13(10-19)16(21)22)15(20)18-9-12-4-6-14(17)7-5-12;/h4-7,11,13H,2-3,8-10H2,1H3,(H,18,20)(H,21,22);1H. The minimum absolute atomic E-state index is 0. The van der Waals surface area contributed by atoms with Gasteiger partial charge in [-0.25, -0.2) is 4.39 Å². The van der Waals surface area contributed by atoms with Crippen LogP contribution in [0.2, 0.25) is 0 Å². The monoisotopic (exact) mass is 344 g/mol. The highest BCUT2D eigenvalue weighted by Crippen LogP contribution is 2.18. The number of rotatable bonds is 5. The summed E-state index contributed by atoms with van der Waals surface area (Å²) >= 11 is 0. The van der Waals surface area contributed by atoms with E-state index in [-0.39, 0.29) is 30.2 Å². The summed E-state index contributed by atoms with van der Waals surface area (Å²) in [5.41, 5.74) is 0.823. The van der Waals surface area contributed by atoms with Gasteiger partial charge in [-0.2, -0.15) is 0 Å². The van der Waals surface area contributed by atoms with Crippen LogP contribution in [-0.4, -0.2) is 41.0 Å². The van der Waals surface area contributed by atoms with Gasteiger partial charge in [-0.15, -0.1) is 12.4 Å². The molecule has 1 aliphatic heterocycles. The van der Waals surface area contributed by atoms with Gasteiger partial charge in [0.15, 0.2) is 0 Å². The number of carboxylic acid groups (broad SMARTS) is 1. The number of carbonyl (C=O) groups excluding carboxylic acids is 1. The molecule has 2 N–H and O–H groups in total. The van der Waals surface area contributed by atoms with E-state index < -0.39 is 11.9 Å². The first-order valence-corrected chi connectivity index (χ1v) is 7.46. The van der Waals surface area contributed by atoms with Crippen molar-refractivity contribution in [3.05, 3.63) is 35.6 Å². The summed E-state index contributed by atoms with van der Waals surface area (Å²) in [5, 5.41) is 11.9. The largest absolute Gasteiger partial charge is 0.481 e. The molecule has 0 bridgehead atoms. The van der Waals surface area contributed by atoms with Crippen LogP contribution in [-0.2, 0) is 16.1 Å². The molecular formula is C16H22ClFN2O3. The molecule has 2 atom stereocenters. The number of carbonyl (C=O) groups is 2. The van der Waals surface area contributed by atoms with E-state index >= 15 is 0 Å².